The molecule has 0 amide bonds. The van der Waals surface area contributed by atoms with Gasteiger partial charge in [0, 0.05) is 41.0 Å². The van der Waals surface area contributed by atoms with E-state index in [1.807, 2.05) is 6.07 Å². The maximum absolute atomic E-state index is 13.4. The summed E-state index contributed by atoms with van der Waals surface area (Å²) >= 11 is 1.16. The number of non-ortho nitro benzene ring substituents is 1. The molecule has 0 aliphatic rings. The SMILES string of the molecule is N#CC(=CNc1ccc(F)c([N+](=O)[O-])c1)c1nc(-c2cccc([N+](=O)[O-])c2)cs1. The molecule has 0 bridgehead atoms. The zero-order valence-electron chi connectivity index (χ0n) is 14.4. The minimum atomic E-state index is -0.966. The number of nitro groups is 2. The summed E-state index contributed by atoms with van der Waals surface area (Å²) in [4.78, 5) is 24.7. The molecule has 0 unspecified atom stereocenters. The molecule has 1 N–H and O–H groups in total. The lowest BCUT2D eigenvalue weighted by molar-refractivity contribution is -0.387. The summed E-state index contributed by atoms with van der Waals surface area (Å²) in [5, 5.41) is 35.8. The number of nitriles is 1. The lowest BCUT2D eigenvalue weighted by Crippen LogP contribution is -1.96. The molecule has 11 heteroatoms. The van der Waals surface area contributed by atoms with Gasteiger partial charge in [-0.2, -0.15) is 9.65 Å². The minimum Gasteiger partial charge on any atom is -0.360 e. The molecule has 144 valence electrons. The van der Waals surface area contributed by atoms with E-state index in [0.29, 0.717) is 16.3 Å². The average molecular weight is 411 g/mol. The topological polar surface area (TPSA) is 135 Å². The smallest absolute Gasteiger partial charge is 0.306 e. The molecule has 0 saturated carbocycles. The minimum absolute atomic E-state index is 0.0762. The summed E-state index contributed by atoms with van der Waals surface area (Å²) in [5.41, 5.74) is 0.588. The number of hydrogen-bond acceptors (Lipinski definition) is 8. The first-order valence-electron chi connectivity index (χ1n) is 7.90. The second-order valence-electron chi connectivity index (χ2n) is 5.58. The van der Waals surface area contributed by atoms with Crippen LogP contribution in [0.2, 0.25) is 0 Å². The number of nitrogens with zero attached hydrogens (tertiary/aromatic N) is 4. The van der Waals surface area contributed by atoms with Gasteiger partial charge in [0.25, 0.3) is 5.69 Å². The highest BCUT2D eigenvalue weighted by Gasteiger charge is 2.15. The van der Waals surface area contributed by atoms with Gasteiger partial charge in [0.1, 0.15) is 16.6 Å². The predicted molar refractivity (Wildman–Crippen MR) is 104 cm³/mol. The Kier molecular flexibility index (Phi) is 5.56. The Hall–Kier alpha value is -4.17. The standard InChI is InChI=1S/C18H10FN5O4S/c19-15-5-4-13(7-17(15)24(27)28)21-9-12(8-20)18-22-16(10-29-18)11-2-1-3-14(6-11)23(25)26/h1-7,9-10,21H. The van der Waals surface area contributed by atoms with Crippen molar-refractivity contribution < 1.29 is 14.2 Å². The van der Waals surface area contributed by atoms with Gasteiger partial charge in [-0.3, -0.25) is 20.2 Å². The number of benzene rings is 2. The molecule has 0 spiro atoms. The quantitative estimate of drug-likeness (QED) is 0.351. The maximum atomic E-state index is 13.4. The van der Waals surface area contributed by atoms with Crippen LogP contribution in [0.4, 0.5) is 21.5 Å². The van der Waals surface area contributed by atoms with Crippen molar-refractivity contribution in [2.75, 3.05) is 5.32 Å². The monoisotopic (exact) mass is 411 g/mol. The molecule has 0 fully saturated rings. The van der Waals surface area contributed by atoms with Gasteiger partial charge in [0.2, 0.25) is 5.82 Å². The van der Waals surface area contributed by atoms with E-state index in [1.54, 1.807) is 11.4 Å². The second-order valence-corrected chi connectivity index (χ2v) is 6.44. The highest BCUT2D eigenvalue weighted by Crippen LogP contribution is 2.28. The molecule has 9 nitrogen and oxygen atoms in total. The van der Waals surface area contributed by atoms with Crippen LogP contribution in [0.15, 0.2) is 54.0 Å². The van der Waals surface area contributed by atoms with Crippen LogP contribution < -0.4 is 5.32 Å². The molecule has 0 atom stereocenters. The van der Waals surface area contributed by atoms with Gasteiger partial charge in [0.15, 0.2) is 0 Å². The normalized spacial score (nSPS) is 11.0. The third kappa shape index (κ3) is 4.40. The van der Waals surface area contributed by atoms with Gasteiger partial charge < -0.3 is 5.32 Å². The van der Waals surface area contributed by atoms with Crippen LogP contribution in [0.1, 0.15) is 5.01 Å². The number of halogens is 1. The Labute approximate surface area is 166 Å². The van der Waals surface area contributed by atoms with Crippen molar-refractivity contribution in [3.05, 3.63) is 85.1 Å². The molecule has 1 heterocycles. The van der Waals surface area contributed by atoms with Gasteiger partial charge in [-0.1, -0.05) is 12.1 Å². The molecule has 0 aliphatic heterocycles. The molecular weight excluding hydrogens is 401 g/mol. The summed E-state index contributed by atoms with van der Waals surface area (Å²) in [5.74, 6) is -0.966. The fourth-order valence-electron chi connectivity index (χ4n) is 2.35. The lowest BCUT2D eigenvalue weighted by Gasteiger charge is -2.02. The van der Waals surface area contributed by atoms with Crippen LogP contribution in [0.25, 0.3) is 16.8 Å². The number of nitrogens with one attached hydrogen (secondary N) is 1. The molecule has 3 aromatic rings. The van der Waals surface area contributed by atoms with Crippen molar-refractivity contribution in [1.82, 2.24) is 4.98 Å². The van der Waals surface area contributed by atoms with Crippen LogP contribution in [-0.4, -0.2) is 14.8 Å². The van der Waals surface area contributed by atoms with Gasteiger partial charge >= 0.3 is 5.69 Å². The van der Waals surface area contributed by atoms with Crippen molar-refractivity contribution in [2.45, 2.75) is 0 Å². The molecular formula is C18H10FN5O4S. The molecule has 29 heavy (non-hydrogen) atoms. The first-order valence-corrected chi connectivity index (χ1v) is 8.78. The number of rotatable bonds is 6. The largest absolute Gasteiger partial charge is 0.360 e. The van der Waals surface area contributed by atoms with Gasteiger partial charge in [-0.05, 0) is 12.1 Å². The van der Waals surface area contributed by atoms with Crippen molar-refractivity contribution in [3.8, 4) is 17.3 Å². The van der Waals surface area contributed by atoms with Gasteiger partial charge in [0.05, 0.1) is 15.5 Å². The van der Waals surface area contributed by atoms with E-state index in [4.69, 9.17) is 0 Å². The van der Waals surface area contributed by atoms with Gasteiger partial charge in [-0.25, -0.2) is 4.98 Å². The molecule has 1 aromatic heterocycles. The number of aromatic nitrogens is 1. The molecule has 2 aromatic carbocycles. The van der Waals surface area contributed by atoms with Crippen LogP contribution in [0.5, 0.6) is 0 Å². The van der Waals surface area contributed by atoms with E-state index >= 15 is 0 Å². The van der Waals surface area contributed by atoms with E-state index in [9.17, 15) is 29.9 Å². The van der Waals surface area contributed by atoms with E-state index < -0.39 is 21.4 Å². The maximum Gasteiger partial charge on any atom is 0.306 e. The highest BCUT2D eigenvalue weighted by molar-refractivity contribution is 7.11. The summed E-state index contributed by atoms with van der Waals surface area (Å²) < 4.78 is 13.4. The third-order valence-electron chi connectivity index (χ3n) is 3.73. The number of anilines is 1. The van der Waals surface area contributed by atoms with Crippen LogP contribution >= 0.6 is 11.3 Å². The summed E-state index contributed by atoms with van der Waals surface area (Å²) in [6.07, 6.45) is 1.30. The van der Waals surface area contributed by atoms with E-state index in [2.05, 4.69) is 10.3 Å². The zero-order chi connectivity index (χ0) is 21.0. The lowest BCUT2D eigenvalue weighted by atomic mass is 10.1. The average Bonchev–Trinajstić information content (AvgIpc) is 3.19. The first-order chi connectivity index (χ1) is 13.9. The Morgan fingerprint density at radius 1 is 1.21 bits per heavy atom. The van der Waals surface area contributed by atoms with E-state index in [1.165, 1.54) is 30.5 Å². The van der Waals surface area contributed by atoms with E-state index in [0.717, 1.165) is 23.5 Å². The van der Waals surface area contributed by atoms with Crippen molar-refractivity contribution in [3.63, 3.8) is 0 Å². The number of allylic oxidation sites excluding steroid dienone is 1. The second kappa shape index (κ2) is 8.24. The summed E-state index contributed by atoms with van der Waals surface area (Å²) in [6.45, 7) is 0. The third-order valence-corrected chi connectivity index (χ3v) is 4.61. The van der Waals surface area contributed by atoms with Crippen LogP contribution in [0, 0.1) is 37.4 Å². The number of hydrogen-bond donors (Lipinski definition) is 1. The van der Waals surface area contributed by atoms with Crippen molar-refractivity contribution in [1.29, 1.82) is 5.26 Å². The molecule has 0 aliphatic carbocycles. The fraction of sp³-hybridized carbons (Fsp3) is 0. The highest BCUT2D eigenvalue weighted by atomic mass is 32.1. The Bertz CT molecular complexity index is 1180. The van der Waals surface area contributed by atoms with Crippen molar-refractivity contribution in [2.24, 2.45) is 0 Å². The molecule has 3 rings (SSSR count). The summed E-state index contributed by atoms with van der Waals surface area (Å²) in [7, 11) is 0. The van der Waals surface area contributed by atoms with Crippen molar-refractivity contribution >= 4 is 34.0 Å². The van der Waals surface area contributed by atoms with Crippen LogP contribution in [-0.2, 0) is 0 Å². The zero-order valence-corrected chi connectivity index (χ0v) is 15.2. The van der Waals surface area contributed by atoms with Gasteiger partial charge in [-0.15, -0.1) is 11.3 Å². The first kappa shape index (κ1) is 19.6. The molecule has 0 saturated heterocycles. The Morgan fingerprint density at radius 2 is 2.00 bits per heavy atom. The van der Waals surface area contributed by atoms with E-state index in [-0.39, 0.29) is 16.9 Å². The fourth-order valence-corrected chi connectivity index (χ4v) is 3.14. The Morgan fingerprint density at radius 3 is 2.69 bits per heavy atom. The molecule has 0 radical (unpaired) electrons. The summed E-state index contributed by atoms with van der Waals surface area (Å²) in [6, 6.07) is 11.2. The predicted octanol–water partition coefficient (Wildman–Crippen LogP) is 4.74. The Balaban J connectivity index is 1.86. The number of thiazole rings is 1. The van der Waals surface area contributed by atoms with Crippen LogP contribution in [0.3, 0.4) is 0 Å². The number of nitro benzene ring substituents is 2.